The zero-order chi connectivity index (χ0) is 13.0. The molecule has 1 aromatic heterocycles. The maximum Gasteiger partial charge on any atom is 0.227 e. The smallest absolute Gasteiger partial charge is 0.227 e. The third-order valence-electron chi connectivity index (χ3n) is 3.50. The number of aromatic nitrogens is 1. The number of thiazole rings is 1. The number of nitrogens with one attached hydrogen (secondary N) is 1. The molecule has 0 aromatic carbocycles. The van der Waals surface area contributed by atoms with Crippen molar-refractivity contribution in [3.05, 3.63) is 16.6 Å². The molecule has 0 bridgehead atoms. The molecule has 1 saturated heterocycles. The zero-order valence-electron chi connectivity index (χ0n) is 11.1. The zero-order valence-corrected chi connectivity index (χ0v) is 11.9. The second-order valence-electron chi connectivity index (χ2n) is 5.16. The van der Waals surface area contributed by atoms with E-state index in [9.17, 15) is 4.79 Å². The van der Waals surface area contributed by atoms with E-state index in [-0.39, 0.29) is 11.3 Å². The molecule has 4 nitrogen and oxygen atoms in total. The van der Waals surface area contributed by atoms with Gasteiger partial charge in [-0.1, -0.05) is 0 Å². The van der Waals surface area contributed by atoms with E-state index < -0.39 is 0 Å². The average molecular weight is 267 g/mol. The Kier molecular flexibility index (Phi) is 4.35. The molecule has 1 aliphatic heterocycles. The van der Waals surface area contributed by atoms with Crippen molar-refractivity contribution in [1.29, 1.82) is 0 Å². The number of rotatable bonds is 4. The van der Waals surface area contributed by atoms with Gasteiger partial charge in [0.15, 0.2) is 0 Å². The van der Waals surface area contributed by atoms with Crippen LogP contribution in [0.1, 0.15) is 31.7 Å². The molecule has 0 radical (unpaired) electrons. The highest BCUT2D eigenvalue weighted by molar-refractivity contribution is 7.09. The highest BCUT2D eigenvalue weighted by atomic mass is 32.1. The van der Waals surface area contributed by atoms with Crippen LogP contribution in [0.2, 0.25) is 0 Å². The Hall–Kier alpha value is -0.940. The van der Waals surface area contributed by atoms with Gasteiger partial charge in [0.05, 0.1) is 12.0 Å². The molecule has 0 saturated carbocycles. The molecule has 18 heavy (non-hydrogen) atoms. The molecule has 1 unspecified atom stereocenters. The van der Waals surface area contributed by atoms with Crippen LogP contribution in [0.3, 0.4) is 0 Å². The number of piperidine rings is 1. The predicted molar refractivity (Wildman–Crippen MR) is 73.4 cm³/mol. The molecule has 1 fully saturated rings. The monoisotopic (exact) mass is 267 g/mol. The second kappa shape index (κ2) is 5.80. The van der Waals surface area contributed by atoms with E-state index in [1.54, 1.807) is 11.3 Å². The molecular weight excluding hydrogens is 246 g/mol. The quantitative estimate of drug-likeness (QED) is 0.906. The van der Waals surface area contributed by atoms with Crippen LogP contribution in [0.25, 0.3) is 0 Å². The first-order chi connectivity index (χ1) is 8.64. The standard InChI is InChI=1S/C13H21N3OS/c1-3-14-12(17)13(2)5-4-7-16(10-13)9-11-15-6-8-18-11/h6,8H,3-5,7,9-10H2,1-2H3,(H,14,17). The first-order valence-corrected chi connectivity index (χ1v) is 7.41. The second-order valence-corrected chi connectivity index (χ2v) is 6.14. The Bertz CT molecular complexity index is 393. The van der Waals surface area contributed by atoms with Crippen LogP contribution < -0.4 is 5.32 Å². The van der Waals surface area contributed by atoms with Gasteiger partial charge in [-0.3, -0.25) is 9.69 Å². The normalized spacial score (nSPS) is 25.0. The summed E-state index contributed by atoms with van der Waals surface area (Å²) in [5.41, 5.74) is -0.245. The van der Waals surface area contributed by atoms with Crippen molar-refractivity contribution < 1.29 is 4.79 Å². The highest BCUT2D eigenvalue weighted by Crippen LogP contribution is 2.30. The number of carbonyl (C=O) groups is 1. The van der Waals surface area contributed by atoms with Gasteiger partial charge in [0, 0.05) is 24.7 Å². The van der Waals surface area contributed by atoms with Gasteiger partial charge < -0.3 is 5.32 Å². The minimum Gasteiger partial charge on any atom is -0.356 e. The Labute approximate surface area is 112 Å². The van der Waals surface area contributed by atoms with E-state index in [1.165, 1.54) is 0 Å². The molecular formula is C13H21N3OS. The Balaban J connectivity index is 1.97. The maximum absolute atomic E-state index is 12.1. The topological polar surface area (TPSA) is 45.2 Å². The van der Waals surface area contributed by atoms with E-state index in [0.717, 1.165) is 37.5 Å². The minimum atomic E-state index is -0.245. The van der Waals surface area contributed by atoms with Crippen molar-refractivity contribution in [3.8, 4) is 0 Å². The third kappa shape index (κ3) is 3.09. The molecule has 0 spiro atoms. The molecule has 1 aliphatic rings. The minimum absolute atomic E-state index is 0.189. The summed E-state index contributed by atoms with van der Waals surface area (Å²) in [6.07, 6.45) is 3.90. The molecule has 100 valence electrons. The van der Waals surface area contributed by atoms with Crippen LogP contribution in [0, 0.1) is 5.41 Å². The summed E-state index contributed by atoms with van der Waals surface area (Å²) in [6, 6.07) is 0. The van der Waals surface area contributed by atoms with Gasteiger partial charge in [0.1, 0.15) is 5.01 Å². The van der Waals surface area contributed by atoms with Crippen molar-refractivity contribution in [2.24, 2.45) is 5.41 Å². The summed E-state index contributed by atoms with van der Waals surface area (Å²) in [7, 11) is 0. The first-order valence-electron chi connectivity index (χ1n) is 6.53. The van der Waals surface area contributed by atoms with Gasteiger partial charge >= 0.3 is 0 Å². The van der Waals surface area contributed by atoms with Gasteiger partial charge in [-0.25, -0.2) is 4.98 Å². The van der Waals surface area contributed by atoms with Crippen LogP contribution in [-0.4, -0.2) is 35.4 Å². The number of hydrogen-bond donors (Lipinski definition) is 1. The van der Waals surface area contributed by atoms with E-state index in [2.05, 4.69) is 22.1 Å². The van der Waals surface area contributed by atoms with Crippen LogP contribution in [0.4, 0.5) is 0 Å². The fourth-order valence-electron chi connectivity index (χ4n) is 2.56. The maximum atomic E-state index is 12.1. The number of carbonyl (C=O) groups excluding carboxylic acids is 1. The Morgan fingerprint density at radius 1 is 1.67 bits per heavy atom. The Morgan fingerprint density at radius 3 is 3.17 bits per heavy atom. The fraction of sp³-hybridized carbons (Fsp3) is 0.692. The summed E-state index contributed by atoms with van der Waals surface area (Å²) in [6.45, 7) is 7.52. The molecule has 0 aliphatic carbocycles. The van der Waals surface area contributed by atoms with Gasteiger partial charge in [-0.2, -0.15) is 0 Å². The lowest BCUT2D eigenvalue weighted by Gasteiger charge is -2.38. The van der Waals surface area contributed by atoms with Crippen molar-refractivity contribution in [2.75, 3.05) is 19.6 Å². The van der Waals surface area contributed by atoms with Crippen molar-refractivity contribution in [1.82, 2.24) is 15.2 Å². The van der Waals surface area contributed by atoms with E-state index in [1.807, 2.05) is 18.5 Å². The Morgan fingerprint density at radius 2 is 2.50 bits per heavy atom. The number of nitrogens with zero attached hydrogens (tertiary/aromatic N) is 2. The molecule has 1 N–H and O–H groups in total. The summed E-state index contributed by atoms with van der Waals surface area (Å²) in [5.74, 6) is 0.189. The summed E-state index contributed by atoms with van der Waals surface area (Å²) in [4.78, 5) is 18.8. The van der Waals surface area contributed by atoms with Crippen LogP contribution in [0.15, 0.2) is 11.6 Å². The summed E-state index contributed by atoms with van der Waals surface area (Å²) < 4.78 is 0. The lowest BCUT2D eigenvalue weighted by molar-refractivity contribution is -0.133. The molecule has 2 rings (SSSR count). The SMILES string of the molecule is CCNC(=O)C1(C)CCCN(Cc2nccs2)C1. The van der Waals surface area contributed by atoms with Gasteiger partial charge in [-0.05, 0) is 33.2 Å². The number of likely N-dealkylation sites (tertiary alicyclic amines) is 1. The molecule has 5 heteroatoms. The lowest BCUT2D eigenvalue weighted by Crippen LogP contribution is -2.50. The number of hydrogen-bond acceptors (Lipinski definition) is 4. The van der Waals surface area contributed by atoms with E-state index in [4.69, 9.17) is 0 Å². The largest absolute Gasteiger partial charge is 0.356 e. The molecule has 1 aromatic rings. The van der Waals surface area contributed by atoms with Crippen LogP contribution in [0.5, 0.6) is 0 Å². The van der Waals surface area contributed by atoms with Crippen molar-refractivity contribution in [2.45, 2.75) is 33.2 Å². The predicted octanol–water partition coefficient (Wildman–Crippen LogP) is 1.88. The van der Waals surface area contributed by atoms with Crippen molar-refractivity contribution >= 4 is 17.2 Å². The van der Waals surface area contributed by atoms with Gasteiger partial charge in [0.25, 0.3) is 0 Å². The van der Waals surface area contributed by atoms with Crippen LogP contribution in [-0.2, 0) is 11.3 Å². The highest BCUT2D eigenvalue weighted by Gasteiger charge is 2.37. The van der Waals surface area contributed by atoms with E-state index in [0.29, 0.717) is 6.54 Å². The lowest BCUT2D eigenvalue weighted by atomic mass is 9.81. The summed E-state index contributed by atoms with van der Waals surface area (Å²) >= 11 is 1.68. The number of amides is 1. The fourth-order valence-corrected chi connectivity index (χ4v) is 3.22. The first kappa shape index (κ1) is 13.5. The van der Waals surface area contributed by atoms with Gasteiger partial charge in [0.2, 0.25) is 5.91 Å². The summed E-state index contributed by atoms with van der Waals surface area (Å²) in [5, 5.41) is 6.09. The van der Waals surface area contributed by atoms with Gasteiger partial charge in [-0.15, -0.1) is 11.3 Å². The molecule has 1 atom stereocenters. The average Bonchev–Trinajstić information content (AvgIpc) is 2.82. The molecule has 1 amide bonds. The van der Waals surface area contributed by atoms with E-state index >= 15 is 0 Å². The molecule has 2 heterocycles. The van der Waals surface area contributed by atoms with Crippen molar-refractivity contribution in [3.63, 3.8) is 0 Å². The third-order valence-corrected chi connectivity index (χ3v) is 4.27. The van der Waals surface area contributed by atoms with Crippen LogP contribution >= 0.6 is 11.3 Å².